The van der Waals surface area contributed by atoms with E-state index in [9.17, 15) is 43.8 Å². The van der Waals surface area contributed by atoms with Crippen LogP contribution in [0, 0.1) is 5.92 Å². The molecular formula is C44H75N3O14S6. The lowest BCUT2D eigenvalue weighted by Crippen LogP contribution is -2.41. The molecule has 0 aromatic carbocycles. The number of Topliss-reactive ketones (excluding diaryl/α,β-unsaturated/α-hetero) is 1. The van der Waals surface area contributed by atoms with E-state index in [1.165, 1.54) is 44.9 Å². The van der Waals surface area contributed by atoms with Crippen LogP contribution in [0.4, 0.5) is 0 Å². The van der Waals surface area contributed by atoms with Crippen molar-refractivity contribution in [3.8, 4) is 0 Å². The van der Waals surface area contributed by atoms with Crippen molar-refractivity contribution < 1.29 is 67.8 Å². The summed E-state index contributed by atoms with van der Waals surface area (Å²) in [6, 6.07) is -1.11. The molecule has 2 aliphatic heterocycles. The second-order valence-electron chi connectivity index (χ2n) is 16.3. The highest BCUT2D eigenvalue weighted by Gasteiger charge is 2.53. The van der Waals surface area contributed by atoms with Gasteiger partial charge in [0.1, 0.15) is 25.0 Å². The predicted octanol–water partition coefficient (Wildman–Crippen LogP) is 8.29. The van der Waals surface area contributed by atoms with Crippen LogP contribution < -0.4 is 16.0 Å². The van der Waals surface area contributed by atoms with Crippen LogP contribution in [0.3, 0.4) is 0 Å². The molecule has 6 N–H and O–H groups in total. The number of ether oxygens (including phenoxy) is 4. The number of rotatable bonds is 46. The van der Waals surface area contributed by atoms with Crippen molar-refractivity contribution in [1.82, 2.24) is 16.0 Å². The lowest BCUT2D eigenvalue weighted by molar-refractivity contribution is -0.142. The van der Waals surface area contributed by atoms with Crippen molar-refractivity contribution in [3.63, 3.8) is 0 Å². The van der Waals surface area contributed by atoms with E-state index in [-0.39, 0.29) is 116 Å². The van der Waals surface area contributed by atoms with E-state index >= 15 is 0 Å². The second kappa shape index (κ2) is 40.1. The third-order valence-corrected chi connectivity index (χ3v) is 24.4. The number of carbonyl (C=O) groups is 7. The van der Waals surface area contributed by atoms with Gasteiger partial charge in [-0.1, -0.05) is 127 Å². The van der Waals surface area contributed by atoms with E-state index < -0.39 is 29.9 Å². The van der Waals surface area contributed by atoms with Gasteiger partial charge in [-0.3, -0.25) is 28.8 Å². The first-order chi connectivity index (χ1) is 32.4. The maximum absolute atomic E-state index is 12.4. The zero-order chi connectivity index (χ0) is 48.8. The van der Waals surface area contributed by atoms with Gasteiger partial charge in [-0.25, -0.2) is 4.79 Å². The van der Waals surface area contributed by atoms with Crippen LogP contribution >= 0.6 is 64.8 Å². The van der Waals surface area contributed by atoms with Crippen LogP contribution in [0.1, 0.15) is 148 Å². The van der Waals surface area contributed by atoms with Crippen LogP contribution in [-0.2, 0) is 52.5 Å². The minimum Gasteiger partial charge on any atom is -0.481 e. The van der Waals surface area contributed by atoms with Crippen molar-refractivity contribution in [1.29, 1.82) is 0 Å². The third-order valence-electron chi connectivity index (χ3n) is 10.5. The molecule has 3 amide bonds. The summed E-state index contributed by atoms with van der Waals surface area (Å²) in [5, 5.41) is 35.9. The highest BCUT2D eigenvalue weighted by atomic mass is 33.2. The smallest absolute Gasteiger partial charge is 0.326 e. The minimum absolute atomic E-state index is 0.00558. The van der Waals surface area contributed by atoms with Crippen molar-refractivity contribution in [3.05, 3.63) is 0 Å². The number of carboxylic acid groups (broad SMARTS) is 3. The lowest BCUT2D eigenvalue weighted by Gasteiger charge is -2.27. The zero-order valence-corrected chi connectivity index (χ0v) is 43.7. The van der Waals surface area contributed by atoms with E-state index in [1.54, 1.807) is 43.2 Å². The normalized spacial score (nSPS) is 15.2. The molecule has 2 fully saturated rings. The van der Waals surface area contributed by atoms with E-state index in [0.29, 0.717) is 45.3 Å². The Morgan fingerprint density at radius 2 is 0.970 bits per heavy atom. The molecule has 0 aromatic heterocycles. The average Bonchev–Trinajstić information content (AvgIpc) is 4.06. The molecule has 2 rings (SSSR count). The molecule has 2 aliphatic rings. The summed E-state index contributed by atoms with van der Waals surface area (Å²) in [6.45, 7) is 1.91. The van der Waals surface area contributed by atoms with Gasteiger partial charge in [0.2, 0.25) is 17.7 Å². The average molecular weight is 1060 g/mol. The van der Waals surface area contributed by atoms with Crippen molar-refractivity contribution in [2.45, 2.75) is 161 Å². The molecule has 2 saturated heterocycles. The number of aliphatic carboxylic acids is 3. The Morgan fingerprint density at radius 3 is 1.49 bits per heavy atom. The topological polar surface area (TPSA) is 253 Å². The zero-order valence-electron chi connectivity index (χ0n) is 38.8. The highest BCUT2D eigenvalue weighted by Crippen LogP contribution is 2.84. The van der Waals surface area contributed by atoms with Gasteiger partial charge in [-0.15, -0.1) is 0 Å². The molecule has 0 bridgehead atoms. The maximum Gasteiger partial charge on any atom is 0.326 e. The van der Waals surface area contributed by atoms with Gasteiger partial charge in [0.15, 0.2) is 2.74 Å². The van der Waals surface area contributed by atoms with E-state index in [4.69, 9.17) is 24.1 Å². The first-order valence-electron chi connectivity index (χ1n) is 23.8. The standard InChI is InChI=1S/C44H75N3O14S6/c48-34(22-23-36(42(56)57)47-37(49)20-13-11-9-7-5-3-1-2-4-6-8-10-12-14-21-40(52)53)18-17-26-58-28-30-60-33-39(51)46-25-27-59-29-31-61-32-38(50)45-24-16-15-19-35(41(54)55)43-62-64-44(65-63-43)66-67-44/h35-36,43H,1-33H2,(H,45,50)(H,46,51)(H,47,49)(H,52,53)(H,54,55)(H,56,57)/t35-,36-/m0/s1. The fraction of sp³-hybridized carbons (Fsp3) is 0.841. The number of carboxylic acids is 3. The Morgan fingerprint density at radius 1 is 0.463 bits per heavy atom. The fourth-order valence-corrected chi connectivity index (χ4v) is 20.5. The summed E-state index contributed by atoms with van der Waals surface area (Å²) >= 11 is 0. The van der Waals surface area contributed by atoms with Crippen LogP contribution in [0.15, 0.2) is 0 Å². The summed E-state index contributed by atoms with van der Waals surface area (Å²) in [5.41, 5.74) is 0. The molecule has 386 valence electrons. The van der Waals surface area contributed by atoms with Crippen molar-refractivity contribution >= 4 is 106 Å². The molecule has 0 aromatic rings. The van der Waals surface area contributed by atoms with Crippen LogP contribution in [0.5, 0.6) is 0 Å². The Hall–Kier alpha value is -1.57. The predicted molar refractivity (Wildman–Crippen MR) is 271 cm³/mol. The highest BCUT2D eigenvalue weighted by molar-refractivity contribution is 9.14. The van der Waals surface area contributed by atoms with Gasteiger partial charge >= 0.3 is 17.9 Å². The molecule has 23 heteroatoms. The first-order valence-corrected chi connectivity index (χ1v) is 30.4. The summed E-state index contributed by atoms with van der Waals surface area (Å²) in [6.07, 6.45) is 18.3. The fourth-order valence-electron chi connectivity index (χ4n) is 6.70. The number of carbonyl (C=O) groups excluding carboxylic acids is 4. The maximum atomic E-state index is 12.4. The Labute approximate surface area is 420 Å². The van der Waals surface area contributed by atoms with E-state index in [2.05, 4.69) is 16.0 Å². The van der Waals surface area contributed by atoms with Crippen molar-refractivity contribution in [2.24, 2.45) is 5.92 Å². The van der Waals surface area contributed by atoms with Gasteiger partial charge in [-0.05, 0) is 60.1 Å². The summed E-state index contributed by atoms with van der Waals surface area (Å²) < 4.78 is 21.7. The van der Waals surface area contributed by atoms with Gasteiger partial charge < -0.3 is 50.2 Å². The molecule has 2 atom stereocenters. The number of nitrogens with one attached hydrogen (secondary N) is 3. The number of amides is 3. The molecule has 0 unspecified atom stereocenters. The van der Waals surface area contributed by atoms with Crippen LogP contribution in [-0.4, -0.2) is 136 Å². The van der Waals surface area contributed by atoms with Crippen LogP contribution in [0.2, 0.25) is 0 Å². The van der Waals surface area contributed by atoms with Crippen molar-refractivity contribution in [2.75, 3.05) is 65.9 Å². The second-order valence-corrected chi connectivity index (χ2v) is 25.9. The first kappa shape index (κ1) is 61.5. The summed E-state index contributed by atoms with van der Waals surface area (Å²) in [4.78, 5) is 82.8. The molecule has 2 heterocycles. The molecule has 0 radical (unpaired) electrons. The SMILES string of the molecule is O=C(O)CCCCCCCCCCCCCCCCC(=O)N[C@@H](CCC(=O)CCCOCCOCC(=O)NCCOCCOCC(=O)NCCCC[C@@H](C(=O)O)C1SSC2(SS1)SS2)C(=O)O. The van der Waals surface area contributed by atoms with Gasteiger partial charge in [-0.2, -0.15) is 0 Å². The molecule has 67 heavy (non-hydrogen) atoms. The van der Waals surface area contributed by atoms with E-state index in [1.807, 2.05) is 21.6 Å². The monoisotopic (exact) mass is 1060 g/mol. The number of ketones is 1. The van der Waals surface area contributed by atoms with E-state index in [0.717, 1.165) is 38.5 Å². The molecule has 17 nitrogen and oxygen atoms in total. The third kappa shape index (κ3) is 34.4. The summed E-state index contributed by atoms with van der Waals surface area (Å²) in [5.74, 6) is -4.06. The van der Waals surface area contributed by atoms with Gasteiger partial charge in [0.05, 0.1) is 43.5 Å². The number of unbranched alkanes of at least 4 members (excludes halogenated alkanes) is 14. The van der Waals surface area contributed by atoms with Crippen LogP contribution in [0.25, 0.3) is 0 Å². The Bertz CT molecular complexity index is 1430. The number of hydrogen-bond acceptors (Lipinski definition) is 17. The summed E-state index contributed by atoms with van der Waals surface area (Å²) in [7, 11) is 10.4. The van der Waals surface area contributed by atoms with Gasteiger partial charge in [0, 0.05) is 45.4 Å². The Kier molecular flexibility index (Phi) is 36.8. The molecule has 0 saturated carbocycles. The molecular weight excluding hydrogens is 987 g/mol. The molecule has 0 aliphatic carbocycles. The lowest BCUT2D eigenvalue weighted by atomic mass is 10.0. The van der Waals surface area contributed by atoms with Gasteiger partial charge in [0.25, 0.3) is 0 Å². The largest absolute Gasteiger partial charge is 0.481 e. The quantitative estimate of drug-likeness (QED) is 0.0190. The Balaban J connectivity index is 1.31. The molecule has 1 spiro atoms. The number of hydrogen-bond donors (Lipinski definition) is 6. The minimum atomic E-state index is -1.16.